The number of hydrogen-bond donors (Lipinski definition) is 2. The SMILES string of the molecule is O=C(NCC(O)c1ccccc1F)c1cccnc1. The summed E-state index contributed by atoms with van der Waals surface area (Å²) in [5.41, 5.74) is 0.553. The van der Waals surface area contributed by atoms with Crippen LogP contribution in [0.4, 0.5) is 4.39 Å². The maximum absolute atomic E-state index is 13.4. The summed E-state index contributed by atoms with van der Waals surface area (Å²) in [6.07, 6.45) is 1.90. The first-order chi connectivity index (χ1) is 9.18. The zero-order valence-electron chi connectivity index (χ0n) is 10.1. The van der Waals surface area contributed by atoms with Crippen LogP contribution in [-0.2, 0) is 0 Å². The van der Waals surface area contributed by atoms with Crippen LogP contribution in [0.3, 0.4) is 0 Å². The number of aliphatic hydroxyl groups is 1. The molecule has 4 nitrogen and oxygen atoms in total. The number of rotatable bonds is 4. The van der Waals surface area contributed by atoms with Gasteiger partial charge in [0.15, 0.2) is 0 Å². The van der Waals surface area contributed by atoms with Crippen molar-refractivity contribution in [3.63, 3.8) is 0 Å². The second-order valence-corrected chi connectivity index (χ2v) is 3.99. The van der Waals surface area contributed by atoms with Crippen molar-refractivity contribution in [3.05, 3.63) is 65.7 Å². The highest BCUT2D eigenvalue weighted by molar-refractivity contribution is 5.93. The second kappa shape index (κ2) is 6.06. The molecule has 0 saturated heterocycles. The zero-order chi connectivity index (χ0) is 13.7. The van der Waals surface area contributed by atoms with Gasteiger partial charge >= 0.3 is 0 Å². The van der Waals surface area contributed by atoms with Crippen LogP contribution in [-0.4, -0.2) is 22.5 Å². The van der Waals surface area contributed by atoms with Gasteiger partial charge in [0.05, 0.1) is 11.7 Å². The van der Waals surface area contributed by atoms with E-state index in [9.17, 15) is 14.3 Å². The largest absolute Gasteiger partial charge is 0.386 e. The van der Waals surface area contributed by atoms with Gasteiger partial charge in [-0.3, -0.25) is 9.78 Å². The normalized spacial score (nSPS) is 11.9. The average molecular weight is 260 g/mol. The molecule has 1 heterocycles. The van der Waals surface area contributed by atoms with E-state index in [-0.39, 0.29) is 18.0 Å². The third-order valence-electron chi connectivity index (χ3n) is 2.64. The highest BCUT2D eigenvalue weighted by Crippen LogP contribution is 2.15. The van der Waals surface area contributed by atoms with Crippen LogP contribution in [0.25, 0.3) is 0 Å². The van der Waals surface area contributed by atoms with Crippen molar-refractivity contribution in [2.45, 2.75) is 6.10 Å². The Hall–Kier alpha value is -2.27. The topological polar surface area (TPSA) is 62.2 Å². The molecule has 1 amide bonds. The Morgan fingerprint density at radius 1 is 1.32 bits per heavy atom. The molecule has 0 saturated carbocycles. The van der Waals surface area contributed by atoms with Crippen LogP contribution < -0.4 is 5.32 Å². The third kappa shape index (κ3) is 3.35. The van der Waals surface area contributed by atoms with E-state index in [1.165, 1.54) is 18.3 Å². The molecule has 1 atom stereocenters. The molecule has 1 unspecified atom stereocenters. The summed E-state index contributed by atoms with van der Waals surface area (Å²) in [5.74, 6) is -0.853. The number of halogens is 1. The van der Waals surface area contributed by atoms with Crippen molar-refractivity contribution in [2.24, 2.45) is 0 Å². The molecule has 0 fully saturated rings. The third-order valence-corrected chi connectivity index (χ3v) is 2.64. The van der Waals surface area contributed by atoms with Gasteiger partial charge in [0, 0.05) is 24.5 Å². The number of aromatic nitrogens is 1. The van der Waals surface area contributed by atoms with Crippen LogP contribution >= 0.6 is 0 Å². The maximum Gasteiger partial charge on any atom is 0.252 e. The number of amides is 1. The smallest absolute Gasteiger partial charge is 0.252 e. The van der Waals surface area contributed by atoms with Crippen molar-refractivity contribution in [1.82, 2.24) is 10.3 Å². The van der Waals surface area contributed by atoms with Gasteiger partial charge in [0.2, 0.25) is 0 Å². The van der Waals surface area contributed by atoms with E-state index in [2.05, 4.69) is 10.3 Å². The van der Waals surface area contributed by atoms with Gasteiger partial charge in [-0.25, -0.2) is 4.39 Å². The minimum Gasteiger partial charge on any atom is -0.386 e. The molecule has 0 radical (unpaired) electrons. The summed E-state index contributed by atoms with van der Waals surface area (Å²) in [5, 5.41) is 12.4. The summed E-state index contributed by atoms with van der Waals surface area (Å²) in [6, 6.07) is 9.17. The Morgan fingerprint density at radius 3 is 2.79 bits per heavy atom. The molecule has 19 heavy (non-hydrogen) atoms. The highest BCUT2D eigenvalue weighted by Gasteiger charge is 2.13. The van der Waals surface area contributed by atoms with E-state index in [0.717, 1.165) is 0 Å². The van der Waals surface area contributed by atoms with E-state index in [4.69, 9.17) is 0 Å². The number of aliphatic hydroxyl groups excluding tert-OH is 1. The molecule has 0 aliphatic rings. The van der Waals surface area contributed by atoms with Crippen LogP contribution in [0.5, 0.6) is 0 Å². The molecule has 1 aromatic heterocycles. The number of carbonyl (C=O) groups is 1. The zero-order valence-corrected chi connectivity index (χ0v) is 10.1. The molecule has 2 aromatic rings. The molecule has 98 valence electrons. The summed E-state index contributed by atoms with van der Waals surface area (Å²) in [4.78, 5) is 15.5. The molecule has 0 aliphatic carbocycles. The van der Waals surface area contributed by atoms with Crippen LogP contribution in [0.1, 0.15) is 22.0 Å². The van der Waals surface area contributed by atoms with Gasteiger partial charge < -0.3 is 10.4 Å². The summed E-state index contributed by atoms with van der Waals surface area (Å²) < 4.78 is 13.4. The van der Waals surface area contributed by atoms with Crippen LogP contribution in [0.15, 0.2) is 48.8 Å². The fourth-order valence-corrected chi connectivity index (χ4v) is 1.64. The van der Waals surface area contributed by atoms with Gasteiger partial charge in [-0.05, 0) is 18.2 Å². The number of pyridine rings is 1. The minimum atomic E-state index is -1.08. The predicted octanol–water partition coefficient (Wildman–Crippen LogP) is 1.68. The van der Waals surface area contributed by atoms with Crippen LogP contribution in [0.2, 0.25) is 0 Å². The van der Waals surface area contributed by atoms with E-state index in [1.807, 2.05) is 0 Å². The Kier molecular flexibility index (Phi) is 4.20. The van der Waals surface area contributed by atoms with Crippen molar-refractivity contribution in [3.8, 4) is 0 Å². The molecule has 1 aromatic carbocycles. The Labute approximate surface area is 109 Å². The lowest BCUT2D eigenvalue weighted by Crippen LogP contribution is -2.28. The van der Waals surface area contributed by atoms with E-state index in [0.29, 0.717) is 5.56 Å². The predicted molar refractivity (Wildman–Crippen MR) is 67.9 cm³/mol. The number of carbonyl (C=O) groups excluding carboxylic acids is 1. The van der Waals surface area contributed by atoms with Gasteiger partial charge in [-0.15, -0.1) is 0 Å². The number of nitrogens with one attached hydrogen (secondary N) is 1. The first kappa shape index (κ1) is 13.2. The average Bonchev–Trinajstić information content (AvgIpc) is 2.46. The molecule has 0 spiro atoms. The Balaban J connectivity index is 1.96. The summed E-state index contributed by atoms with van der Waals surface area (Å²) in [7, 11) is 0. The van der Waals surface area contributed by atoms with Crippen molar-refractivity contribution in [2.75, 3.05) is 6.54 Å². The monoisotopic (exact) mass is 260 g/mol. The fraction of sp³-hybridized carbons (Fsp3) is 0.143. The summed E-state index contributed by atoms with van der Waals surface area (Å²) in [6.45, 7) is -0.0609. The van der Waals surface area contributed by atoms with E-state index in [1.54, 1.807) is 30.5 Å². The molecule has 5 heteroatoms. The van der Waals surface area contributed by atoms with Gasteiger partial charge in [-0.1, -0.05) is 18.2 Å². The van der Waals surface area contributed by atoms with Gasteiger partial charge in [0.1, 0.15) is 5.82 Å². The van der Waals surface area contributed by atoms with E-state index < -0.39 is 11.9 Å². The molecular formula is C14H13FN2O2. The highest BCUT2D eigenvalue weighted by atomic mass is 19.1. The van der Waals surface area contributed by atoms with Crippen molar-refractivity contribution in [1.29, 1.82) is 0 Å². The molecule has 2 rings (SSSR count). The molecule has 2 N–H and O–H groups in total. The van der Waals surface area contributed by atoms with Crippen molar-refractivity contribution >= 4 is 5.91 Å². The lowest BCUT2D eigenvalue weighted by Gasteiger charge is -2.12. The Morgan fingerprint density at radius 2 is 2.11 bits per heavy atom. The standard InChI is InChI=1S/C14H13FN2O2/c15-12-6-2-1-5-11(12)13(18)9-17-14(19)10-4-3-7-16-8-10/h1-8,13,18H,9H2,(H,17,19). The molecular weight excluding hydrogens is 247 g/mol. The molecule has 0 aliphatic heterocycles. The van der Waals surface area contributed by atoms with Gasteiger partial charge in [0.25, 0.3) is 5.91 Å². The first-order valence-corrected chi connectivity index (χ1v) is 5.79. The lowest BCUT2D eigenvalue weighted by atomic mass is 10.1. The molecule has 0 bridgehead atoms. The minimum absolute atomic E-state index is 0.0609. The fourth-order valence-electron chi connectivity index (χ4n) is 1.64. The van der Waals surface area contributed by atoms with E-state index >= 15 is 0 Å². The quantitative estimate of drug-likeness (QED) is 0.879. The first-order valence-electron chi connectivity index (χ1n) is 5.79. The number of benzene rings is 1. The van der Waals surface area contributed by atoms with Crippen molar-refractivity contribution < 1.29 is 14.3 Å². The van der Waals surface area contributed by atoms with Gasteiger partial charge in [-0.2, -0.15) is 0 Å². The lowest BCUT2D eigenvalue weighted by molar-refractivity contribution is 0.0913. The second-order valence-electron chi connectivity index (χ2n) is 3.99. The maximum atomic E-state index is 13.4. The Bertz CT molecular complexity index is 560. The summed E-state index contributed by atoms with van der Waals surface area (Å²) >= 11 is 0. The number of hydrogen-bond acceptors (Lipinski definition) is 3. The van der Waals surface area contributed by atoms with Crippen LogP contribution in [0, 0.1) is 5.82 Å². The number of nitrogens with zero attached hydrogens (tertiary/aromatic N) is 1.